The highest BCUT2D eigenvalue weighted by atomic mass is 16.4. The van der Waals surface area contributed by atoms with Crippen LogP contribution in [0, 0.1) is 6.92 Å². The zero-order valence-corrected chi connectivity index (χ0v) is 10.2. The number of phenols is 1. The average molecular weight is 245 g/mol. The second-order valence-electron chi connectivity index (χ2n) is 4.66. The highest BCUT2D eigenvalue weighted by Gasteiger charge is 2.21. The molecule has 2 aromatic rings. The molecule has 1 aliphatic rings. The van der Waals surface area contributed by atoms with Crippen LogP contribution in [0.4, 0.5) is 0 Å². The highest BCUT2D eigenvalue weighted by molar-refractivity contribution is 5.57. The molecule has 2 N–H and O–H groups in total. The maximum Gasteiger partial charge on any atom is 0.247 e. The van der Waals surface area contributed by atoms with E-state index in [9.17, 15) is 5.11 Å². The molecule has 1 aliphatic carbocycles. The van der Waals surface area contributed by atoms with E-state index in [0.717, 1.165) is 11.1 Å². The van der Waals surface area contributed by atoms with Crippen LogP contribution < -0.4 is 5.32 Å². The number of aromatic nitrogens is 2. The summed E-state index contributed by atoms with van der Waals surface area (Å²) in [6, 6.07) is 5.95. The fourth-order valence-corrected chi connectivity index (χ4v) is 1.70. The predicted octanol–water partition coefficient (Wildman–Crippen LogP) is 2.00. The number of nitrogens with zero attached hydrogens (tertiary/aromatic N) is 2. The zero-order valence-electron chi connectivity index (χ0n) is 10.2. The molecule has 1 heterocycles. The lowest BCUT2D eigenvalue weighted by Crippen LogP contribution is -2.15. The molecule has 3 rings (SSSR count). The third-order valence-corrected chi connectivity index (χ3v) is 3.04. The first-order valence-electron chi connectivity index (χ1n) is 6.08. The summed E-state index contributed by atoms with van der Waals surface area (Å²) in [5.74, 6) is 1.26. The van der Waals surface area contributed by atoms with Crippen molar-refractivity contribution in [2.24, 2.45) is 0 Å². The van der Waals surface area contributed by atoms with Crippen LogP contribution in [-0.4, -0.2) is 21.3 Å². The number of hydrogen-bond donors (Lipinski definition) is 2. The lowest BCUT2D eigenvalue weighted by atomic mass is 10.1. The van der Waals surface area contributed by atoms with Gasteiger partial charge in [0.05, 0.1) is 6.54 Å². The number of phenolic OH excluding ortho intramolecular Hbond substituents is 1. The third kappa shape index (κ3) is 2.36. The maximum atomic E-state index is 9.65. The summed E-state index contributed by atoms with van der Waals surface area (Å²) in [5, 5.41) is 20.9. The zero-order chi connectivity index (χ0) is 12.5. The highest BCUT2D eigenvalue weighted by Crippen LogP contribution is 2.25. The summed E-state index contributed by atoms with van der Waals surface area (Å²) < 4.78 is 5.55. The van der Waals surface area contributed by atoms with Gasteiger partial charge in [-0.3, -0.25) is 0 Å². The fourth-order valence-electron chi connectivity index (χ4n) is 1.70. The fraction of sp³-hybridized carbons (Fsp3) is 0.385. The Morgan fingerprint density at radius 3 is 2.94 bits per heavy atom. The first kappa shape index (κ1) is 11.2. The summed E-state index contributed by atoms with van der Waals surface area (Å²) in [5.41, 5.74) is 1.57. The van der Waals surface area contributed by atoms with Gasteiger partial charge in [0.25, 0.3) is 0 Å². The lowest BCUT2D eigenvalue weighted by molar-refractivity contribution is 0.467. The first-order valence-corrected chi connectivity index (χ1v) is 6.08. The third-order valence-electron chi connectivity index (χ3n) is 3.04. The van der Waals surface area contributed by atoms with Crippen molar-refractivity contribution in [2.45, 2.75) is 32.4 Å². The quantitative estimate of drug-likeness (QED) is 0.862. The van der Waals surface area contributed by atoms with Gasteiger partial charge in [0, 0.05) is 11.6 Å². The Labute approximate surface area is 105 Å². The summed E-state index contributed by atoms with van der Waals surface area (Å²) in [7, 11) is 0. The van der Waals surface area contributed by atoms with Gasteiger partial charge in [0.2, 0.25) is 11.8 Å². The second kappa shape index (κ2) is 4.42. The Kier molecular flexibility index (Phi) is 2.76. The monoisotopic (exact) mass is 245 g/mol. The van der Waals surface area contributed by atoms with Crippen LogP contribution in [0.5, 0.6) is 5.75 Å². The van der Waals surface area contributed by atoms with Crippen molar-refractivity contribution < 1.29 is 9.52 Å². The van der Waals surface area contributed by atoms with E-state index < -0.39 is 0 Å². The van der Waals surface area contributed by atoms with Crippen molar-refractivity contribution in [3.63, 3.8) is 0 Å². The molecule has 1 aromatic carbocycles. The van der Waals surface area contributed by atoms with Crippen molar-refractivity contribution in [2.75, 3.05) is 0 Å². The van der Waals surface area contributed by atoms with Gasteiger partial charge in [-0.2, -0.15) is 0 Å². The van der Waals surface area contributed by atoms with Crippen LogP contribution in [0.15, 0.2) is 22.6 Å². The van der Waals surface area contributed by atoms with Crippen molar-refractivity contribution in [3.05, 3.63) is 29.7 Å². The van der Waals surface area contributed by atoms with E-state index in [1.54, 1.807) is 6.07 Å². The van der Waals surface area contributed by atoms with Crippen molar-refractivity contribution >= 4 is 0 Å². The van der Waals surface area contributed by atoms with Gasteiger partial charge < -0.3 is 14.8 Å². The standard InChI is InChI=1S/C13H15N3O2/c1-8-2-3-9(6-11(8)17)13-16-15-12(18-13)7-14-10-4-5-10/h2-3,6,10,14,17H,4-5,7H2,1H3. The number of rotatable bonds is 4. The van der Waals surface area contributed by atoms with Crippen molar-refractivity contribution in [3.8, 4) is 17.2 Å². The average Bonchev–Trinajstić information content (AvgIpc) is 3.08. The Morgan fingerprint density at radius 1 is 1.39 bits per heavy atom. The molecule has 0 atom stereocenters. The molecular formula is C13H15N3O2. The summed E-state index contributed by atoms with van der Waals surface area (Å²) in [6.45, 7) is 2.45. The minimum absolute atomic E-state index is 0.239. The van der Waals surface area contributed by atoms with Crippen LogP contribution in [0.1, 0.15) is 24.3 Å². The van der Waals surface area contributed by atoms with E-state index in [-0.39, 0.29) is 5.75 Å². The molecular weight excluding hydrogens is 230 g/mol. The number of aromatic hydroxyl groups is 1. The van der Waals surface area contributed by atoms with Gasteiger partial charge in [-0.15, -0.1) is 10.2 Å². The molecule has 0 bridgehead atoms. The molecule has 5 heteroatoms. The van der Waals surface area contributed by atoms with Crippen LogP contribution in [0.25, 0.3) is 11.5 Å². The van der Waals surface area contributed by atoms with E-state index in [4.69, 9.17) is 4.42 Å². The van der Waals surface area contributed by atoms with Crippen LogP contribution in [-0.2, 0) is 6.54 Å². The van der Waals surface area contributed by atoms with Crippen LogP contribution in [0.3, 0.4) is 0 Å². The van der Waals surface area contributed by atoms with Gasteiger partial charge in [0.15, 0.2) is 0 Å². The predicted molar refractivity (Wildman–Crippen MR) is 66.0 cm³/mol. The number of aryl methyl sites for hydroxylation is 1. The normalized spacial score (nSPS) is 14.9. The molecule has 18 heavy (non-hydrogen) atoms. The van der Waals surface area contributed by atoms with Crippen LogP contribution >= 0.6 is 0 Å². The van der Waals surface area contributed by atoms with E-state index in [2.05, 4.69) is 15.5 Å². The molecule has 0 amide bonds. The Hall–Kier alpha value is -1.88. The largest absolute Gasteiger partial charge is 0.508 e. The SMILES string of the molecule is Cc1ccc(-c2nnc(CNC3CC3)o2)cc1O. The molecule has 1 aromatic heterocycles. The molecule has 0 aliphatic heterocycles. The molecule has 0 spiro atoms. The number of nitrogens with one attached hydrogen (secondary N) is 1. The second-order valence-corrected chi connectivity index (χ2v) is 4.66. The van der Waals surface area contributed by atoms with E-state index >= 15 is 0 Å². The molecule has 5 nitrogen and oxygen atoms in total. The van der Waals surface area contributed by atoms with Gasteiger partial charge in [0.1, 0.15) is 5.75 Å². The Balaban J connectivity index is 1.76. The van der Waals surface area contributed by atoms with Crippen molar-refractivity contribution in [1.29, 1.82) is 0 Å². The van der Waals surface area contributed by atoms with E-state index in [1.807, 2.05) is 19.1 Å². The van der Waals surface area contributed by atoms with Gasteiger partial charge in [-0.05, 0) is 37.5 Å². The first-order chi connectivity index (χ1) is 8.72. The van der Waals surface area contributed by atoms with Gasteiger partial charge >= 0.3 is 0 Å². The molecule has 1 saturated carbocycles. The summed E-state index contributed by atoms with van der Waals surface area (Å²) in [6.07, 6.45) is 2.46. The Bertz CT molecular complexity index is 561. The summed E-state index contributed by atoms with van der Waals surface area (Å²) >= 11 is 0. The molecule has 0 saturated heterocycles. The maximum absolute atomic E-state index is 9.65. The van der Waals surface area contributed by atoms with Gasteiger partial charge in [-0.25, -0.2) is 0 Å². The van der Waals surface area contributed by atoms with Gasteiger partial charge in [-0.1, -0.05) is 6.07 Å². The van der Waals surface area contributed by atoms with Crippen molar-refractivity contribution in [1.82, 2.24) is 15.5 Å². The molecule has 0 unspecified atom stereocenters. The smallest absolute Gasteiger partial charge is 0.247 e. The van der Waals surface area contributed by atoms with E-state index in [0.29, 0.717) is 24.4 Å². The van der Waals surface area contributed by atoms with E-state index in [1.165, 1.54) is 12.8 Å². The molecule has 1 fully saturated rings. The topological polar surface area (TPSA) is 71.2 Å². The number of benzene rings is 1. The Morgan fingerprint density at radius 2 is 2.22 bits per heavy atom. The van der Waals surface area contributed by atoms with Crippen LogP contribution in [0.2, 0.25) is 0 Å². The minimum Gasteiger partial charge on any atom is -0.508 e. The molecule has 0 radical (unpaired) electrons. The lowest BCUT2D eigenvalue weighted by Gasteiger charge is -2.00. The number of hydrogen-bond acceptors (Lipinski definition) is 5. The summed E-state index contributed by atoms with van der Waals surface area (Å²) in [4.78, 5) is 0. The minimum atomic E-state index is 0.239. The molecule has 94 valence electrons.